The van der Waals surface area contributed by atoms with Crippen LogP contribution in [0.4, 0.5) is 11.4 Å². The molecular formula is C32H37N3O2. The van der Waals surface area contributed by atoms with E-state index < -0.39 is 0 Å². The summed E-state index contributed by atoms with van der Waals surface area (Å²) in [5, 5.41) is 3.02. The highest BCUT2D eigenvalue weighted by Gasteiger charge is 2.26. The van der Waals surface area contributed by atoms with Crippen molar-refractivity contribution in [1.29, 1.82) is 0 Å². The Labute approximate surface area is 220 Å². The second-order valence-electron chi connectivity index (χ2n) is 10.4. The molecule has 2 heterocycles. The van der Waals surface area contributed by atoms with Crippen molar-refractivity contribution in [2.75, 3.05) is 36.4 Å². The van der Waals surface area contributed by atoms with Crippen LogP contribution in [-0.2, 0) is 17.6 Å². The van der Waals surface area contributed by atoms with Gasteiger partial charge in [0.1, 0.15) is 0 Å². The van der Waals surface area contributed by atoms with Crippen molar-refractivity contribution in [2.45, 2.75) is 44.9 Å². The van der Waals surface area contributed by atoms with E-state index in [0.717, 1.165) is 69.5 Å². The monoisotopic (exact) mass is 495 g/mol. The van der Waals surface area contributed by atoms with Crippen LogP contribution in [0.1, 0.15) is 53.6 Å². The number of anilines is 2. The summed E-state index contributed by atoms with van der Waals surface area (Å²) in [7, 11) is 0. The number of piperidine rings is 2. The van der Waals surface area contributed by atoms with Crippen molar-refractivity contribution >= 4 is 23.2 Å². The molecule has 192 valence electrons. The van der Waals surface area contributed by atoms with Crippen LogP contribution in [0.2, 0.25) is 0 Å². The van der Waals surface area contributed by atoms with Gasteiger partial charge in [0.2, 0.25) is 5.91 Å². The van der Waals surface area contributed by atoms with Crippen LogP contribution < -0.4 is 10.2 Å². The van der Waals surface area contributed by atoms with Crippen molar-refractivity contribution in [2.24, 2.45) is 5.92 Å². The van der Waals surface area contributed by atoms with Gasteiger partial charge in [0.15, 0.2) is 0 Å². The molecule has 2 aliphatic rings. The predicted octanol–water partition coefficient (Wildman–Crippen LogP) is 5.95. The Hall–Kier alpha value is -3.60. The highest BCUT2D eigenvalue weighted by Crippen LogP contribution is 2.31. The zero-order valence-electron chi connectivity index (χ0n) is 21.6. The fourth-order valence-electron chi connectivity index (χ4n) is 5.64. The summed E-state index contributed by atoms with van der Waals surface area (Å²) in [4.78, 5) is 30.8. The van der Waals surface area contributed by atoms with Gasteiger partial charge in [-0.15, -0.1) is 0 Å². The molecule has 0 aliphatic carbocycles. The molecular weight excluding hydrogens is 458 g/mol. The Bertz CT molecular complexity index is 1180. The minimum Gasteiger partial charge on any atom is -0.371 e. The van der Waals surface area contributed by atoms with Crippen molar-refractivity contribution < 1.29 is 9.59 Å². The van der Waals surface area contributed by atoms with Crippen LogP contribution in [0.5, 0.6) is 0 Å². The molecule has 0 atom stereocenters. The lowest BCUT2D eigenvalue weighted by atomic mass is 9.89. The third-order valence-corrected chi connectivity index (χ3v) is 7.68. The first-order valence-corrected chi connectivity index (χ1v) is 13.7. The van der Waals surface area contributed by atoms with Gasteiger partial charge < -0.3 is 15.1 Å². The number of hydrogen-bond donors (Lipinski definition) is 1. The number of amides is 2. The van der Waals surface area contributed by atoms with Gasteiger partial charge in [-0.3, -0.25) is 9.59 Å². The molecule has 2 aliphatic heterocycles. The van der Waals surface area contributed by atoms with Gasteiger partial charge in [0.25, 0.3) is 5.91 Å². The van der Waals surface area contributed by atoms with Gasteiger partial charge in [-0.25, -0.2) is 0 Å². The number of benzene rings is 3. The molecule has 0 spiro atoms. The maximum Gasteiger partial charge on any atom is 0.256 e. The Morgan fingerprint density at radius 2 is 1.41 bits per heavy atom. The first-order chi connectivity index (χ1) is 18.2. The minimum absolute atomic E-state index is 0.0722. The van der Waals surface area contributed by atoms with E-state index in [0.29, 0.717) is 23.6 Å². The molecule has 0 bridgehead atoms. The zero-order valence-corrected chi connectivity index (χ0v) is 21.6. The Morgan fingerprint density at radius 1 is 0.757 bits per heavy atom. The summed E-state index contributed by atoms with van der Waals surface area (Å²) < 4.78 is 0. The zero-order chi connectivity index (χ0) is 25.5. The normalized spacial score (nSPS) is 16.4. The third-order valence-electron chi connectivity index (χ3n) is 7.68. The first kappa shape index (κ1) is 25.1. The summed E-state index contributed by atoms with van der Waals surface area (Å²) in [6.45, 7) is 3.50. The number of carbonyl (C=O) groups is 2. The predicted molar refractivity (Wildman–Crippen MR) is 150 cm³/mol. The van der Waals surface area contributed by atoms with Crippen molar-refractivity contribution in [1.82, 2.24) is 4.90 Å². The lowest BCUT2D eigenvalue weighted by Crippen LogP contribution is -2.39. The maximum atomic E-state index is 13.7. The van der Waals surface area contributed by atoms with E-state index in [2.05, 4.69) is 40.5 Å². The van der Waals surface area contributed by atoms with Crippen molar-refractivity contribution in [3.63, 3.8) is 0 Å². The number of hydrogen-bond acceptors (Lipinski definition) is 3. The fraction of sp³-hybridized carbons (Fsp3) is 0.375. The molecule has 5 rings (SSSR count). The second-order valence-corrected chi connectivity index (χ2v) is 10.4. The van der Waals surface area contributed by atoms with Gasteiger partial charge in [-0.05, 0) is 73.8 Å². The second kappa shape index (κ2) is 12.1. The lowest BCUT2D eigenvalue weighted by molar-refractivity contribution is -0.115. The summed E-state index contributed by atoms with van der Waals surface area (Å²) in [5.74, 6) is 0.675. The van der Waals surface area contributed by atoms with Gasteiger partial charge >= 0.3 is 0 Å². The molecule has 3 aromatic rings. The Kier molecular flexibility index (Phi) is 8.19. The van der Waals surface area contributed by atoms with Crippen LogP contribution in [0.25, 0.3) is 0 Å². The van der Waals surface area contributed by atoms with Crippen LogP contribution >= 0.6 is 0 Å². The van der Waals surface area contributed by atoms with Crippen LogP contribution in [0, 0.1) is 5.92 Å². The van der Waals surface area contributed by atoms with E-state index in [-0.39, 0.29) is 11.8 Å². The highest BCUT2D eigenvalue weighted by atomic mass is 16.2. The summed E-state index contributed by atoms with van der Waals surface area (Å²) in [6, 6.07) is 26.3. The SMILES string of the molecule is O=C(Cc1ccccc1)Nc1ccc(N2CCC(Cc3ccccc3)CC2)c(C(=O)N2CCCCC2)c1. The fourth-order valence-corrected chi connectivity index (χ4v) is 5.64. The molecule has 0 radical (unpaired) electrons. The summed E-state index contributed by atoms with van der Waals surface area (Å²) in [6.07, 6.45) is 6.94. The van der Waals surface area contributed by atoms with Crippen LogP contribution in [-0.4, -0.2) is 42.9 Å². The summed E-state index contributed by atoms with van der Waals surface area (Å²) in [5.41, 5.74) is 4.76. The molecule has 5 nitrogen and oxygen atoms in total. The number of carbonyl (C=O) groups excluding carboxylic acids is 2. The Balaban J connectivity index is 1.31. The molecule has 2 saturated heterocycles. The van der Waals surface area contributed by atoms with E-state index >= 15 is 0 Å². The molecule has 2 amide bonds. The maximum absolute atomic E-state index is 13.7. The number of nitrogens with zero attached hydrogens (tertiary/aromatic N) is 2. The summed E-state index contributed by atoms with van der Waals surface area (Å²) >= 11 is 0. The highest BCUT2D eigenvalue weighted by molar-refractivity contribution is 6.02. The number of likely N-dealkylation sites (tertiary alicyclic amines) is 1. The van der Waals surface area contributed by atoms with Crippen LogP contribution in [0.3, 0.4) is 0 Å². The minimum atomic E-state index is -0.0722. The van der Waals surface area contributed by atoms with E-state index in [4.69, 9.17) is 0 Å². The molecule has 3 aromatic carbocycles. The molecule has 0 aromatic heterocycles. The van der Waals surface area contributed by atoms with Crippen LogP contribution in [0.15, 0.2) is 78.9 Å². The number of nitrogens with one attached hydrogen (secondary N) is 1. The Morgan fingerprint density at radius 3 is 2.08 bits per heavy atom. The van der Waals surface area contributed by atoms with Gasteiger partial charge in [0.05, 0.1) is 12.0 Å². The van der Waals surface area contributed by atoms with Crippen molar-refractivity contribution in [3.8, 4) is 0 Å². The molecule has 5 heteroatoms. The topological polar surface area (TPSA) is 52.7 Å². The van der Waals surface area contributed by atoms with Crippen molar-refractivity contribution in [3.05, 3.63) is 95.6 Å². The van der Waals surface area contributed by atoms with E-state index in [9.17, 15) is 9.59 Å². The van der Waals surface area contributed by atoms with Gasteiger partial charge in [-0.1, -0.05) is 60.7 Å². The average molecular weight is 496 g/mol. The average Bonchev–Trinajstić information content (AvgIpc) is 2.95. The third kappa shape index (κ3) is 6.59. The van der Waals surface area contributed by atoms with E-state index in [1.54, 1.807) is 0 Å². The number of rotatable bonds is 7. The lowest BCUT2D eigenvalue weighted by Gasteiger charge is -2.36. The largest absolute Gasteiger partial charge is 0.371 e. The molecule has 0 saturated carbocycles. The first-order valence-electron chi connectivity index (χ1n) is 13.7. The van der Waals surface area contributed by atoms with E-state index in [1.165, 1.54) is 12.0 Å². The van der Waals surface area contributed by atoms with Gasteiger partial charge in [-0.2, -0.15) is 0 Å². The standard InChI is InChI=1S/C32H37N3O2/c36-31(23-26-12-6-2-7-13-26)33-28-14-15-30(29(24-28)32(37)35-18-8-3-9-19-35)34-20-16-27(17-21-34)22-25-10-4-1-5-11-25/h1-2,4-7,10-15,24,27H,3,8-9,16-23H2,(H,33,36). The smallest absolute Gasteiger partial charge is 0.256 e. The molecule has 1 N–H and O–H groups in total. The quantitative estimate of drug-likeness (QED) is 0.440. The molecule has 2 fully saturated rings. The van der Waals surface area contributed by atoms with Gasteiger partial charge in [0, 0.05) is 37.6 Å². The molecule has 37 heavy (non-hydrogen) atoms. The van der Waals surface area contributed by atoms with E-state index in [1.807, 2.05) is 53.4 Å². The molecule has 0 unspecified atom stereocenters.